The summed E-state index contributed by atoms with van der Waals surface area (Å²) in [6, 6.07) is 16.7. The van der Waals surface area contributed by atoms with Gasteiger partial charge in [0.05, 0.1) is 5.70 Å². The zero-order valence-corrected chi connectivity index (χ0v) is 17.2. The first-order chi connectivity index (χ1) is 14.8. The van der Waals surface area contributed by atoms with Crippen LogP contribution in [0.15, 0.2) is 59.9 Å². The molecule has 0 radical (unpaired) electrons. The van der Waals surface area contributed by atoms with Gasteiger partial charge >= 0.3 is 0 Å². The van der Waals surface area contributed by atoms with Gasteiger partial charge in [-0.1, -0.05) is 55.7 Å². The molecule has 5 rings (SSSR count). The van der Waals surface area contributed by atoms with Crippen LogP contribution in [0.1, 0.15) is 68.0 Å². The average molecular weight is 376 g/mol. The van der Waals surface area contributed by atoms with Gasteiger partial charge in [-0.15, -0.1) is 0 Å². The molecule has 2 aliphatic heterocycles. The van der Waals surface area contributed by atoms with Crippen molar-refractivity contribution in [2.24, 2.45) is 5.92 Å². The lowest BCUT2D eigenvalue weighted by atomic mass is 9.65. The molecule has 0 aromatic heterocycles. The summed E-state index contributed by atoms with van der Waals surface area (Å²) in [4.78, 5) is 4.26. The van der Waals surface area contributed by atoms with Crippen molar-refractivity contribution in [3.05, 3.63) is 71.1 Å². The van der Waals surface area contributed by atoms with E-state index in [9.17, 15) is 0 Å². The Balaban J connectivity index is 1.77. The zero-order chi connectivity index (χ0) is 22.0. The molecular formula is C26H32N2. The molecule has 2 aromatic carbocycles. The van der Waals surface area contributed by atoms with E-state index in [1.54, 1.807) is 0 Å². The second-order valence-electron chi connectivity index (χ2n) is 8.89. The fraction of sp³-hybridized carbons (Fsp3) is 0.462. The van der Waals surface area contributed by atoms with Gasteiger partial charge in [0.1, 0.15) is 6.17 Å². The maximum absolute atomic E-state index is 8.56. The molecule has 3 aliphatic rings. The van der Waals surface area contributed by atoms with E-state index in [1.807, 2.05) is 18.2 Å². The predicted molar refractivity (Wildman–Crippen MR) is 119 cm³/mol. The molecule has 1 fully saturated rings. The number of anilines is 2. The van der Waals surface area contributed by atoms with Crippen LogP contribution < -0.4 is 9.80 Å². The SMILES string of the molecule is [2H]C([2H])([2H])C1N(c2ccccc2C)C(C)=C2N1c1ccccc1C2(C)C1CCCCC1. The van der Waals surface area contributed by atoms with Crippen molar-refractivity contribution in [2.45, 2.75) is 71.3 Å². The Labute approximate surface area is 174 Å². The van der Waals surface area contributed by atoms with E-state index < -0.39 is 13.0 Å². The summed E-state index contributed by atoms with van der Waals surface area (Å²) in [6.45, 7) is 4.42. The highest BCUT2D eigenvalue weighted by molar-refractivity contribution is 5.78. The molecule has 0 N–H and O–H groups in total. The third kappa shape index (κ3) is 2.27. The van der Waals surface area contributed by atoms with Crippen LogP contribution in [0.2, 0.25) is 0 Å². The Morgan fingerprint density at radius 1 is 0.893 bits per heavy atom. The van der Waals surface area contributed by atoms with Crippen LogP contribution in [0.25, 0.3) is 0 Å². The predicted octanol–water partition coefficient (Wildman–Crippen LogP) is 6.75. The summed E-state index contributed by atoms with van der Waals surface area (Å²) in [5.41, 5.74) is 6.58. The first kappa shape index (κ1) is 14.7. The van der Waals surface area contributed by atoms with Crippen LogP contribution in [0.5, 0.6) is 0 Å². The summed E-state index contributed by atoms with van der Waals surface area (Å²) in [6.07, 6.45) is 5.52. The molecule has 0 spiro atoms. The molecule has 2 nitrogen and oxygen atoms in total. The number of allylic oxidation sites excluding steroid dienone is 2. The second kappa shape index (κ2) is 6.40. The molecule has 28 heavy (non-hydrogen) atoms. The summed E-state index contributed by atoms with van der Waals surface area (Å²) >= 11 is 0. The number of hydrogen-bond acceptors (Lipinski definition) is 2. The molecule has 0 bridgehead atoms. The highest BCUT2D eigenvalue weighted by Gasteiger charge is 2.54. The Bertz CT molecular complexity index is 1030. The molecule has 1 aliphatic carbocycles. The van der Waals surface area contributed by atoms with Gasteiger partial charge in [-0.2, -0.15) is 0 Å². The molecular weight excluding hydrogens is 340 g/mol. The standard InChI is InChI=1S/C26H32N2/c1-18-12-8-10-16-23(18)27-19(2)25-26(4,21-13-6-5-7-14-21)22-15-9-11-17-24(22)28(25)20(27)3/h8-12,15-17,20-21H,5-7,13-14H2,1-4H3/i3D3. The van der Waals surface area contributed by atoms with E-state index in [1.165, 1.54) is 43.4 Å². The smallest absolute Gasteiger partial charge is 0.108 e. The second-order valence-corrected chi connectivity index (χ2v) is 8.89. The van der Waals surface area contributed by atoms with Crippen molar-refractivity contribution in [2.75, 3.05) is 9.80 Å². The van der Waals surface area contributed by atoms with Gasteiger partial charge in [0.15, 0.2) is 0 Å². The van der Waals surface area contributed by atoms with Crippen LogP contribution >= 0.6 is 0 Å². The molecule has 2 heterocycles. The van der Waals surface area contributed by atoms with Crippen LogP contribution in [0.3, 0.4) is 0 Å². The quantitative estimate of drug-likeness (QED) is 0.573. The molecule has 0 amide bonds. The maximum Gasteiger partial charge on any atom is 0.108 e. The molecule has 2 aromatic rings. The number of fused-ring (bicyclic) bond motifs is 3. The van der Waals surface area contributed by atoms with E-state index in [0.717, 1.165) is 22.6 Å². The monoisotopic (exact) mass is 375 g/mol. The van der Waals surface area contributed by atoms with Crippen molar-refractivity contribution in [3.63, 3.8) is 0 Å². The van der Waals surface area contributed by atoms with Crippen LogP contribution in [-0.4, -0.2) is 6.17 Å². The molecule has 146 valence electrons. The first-order valence-corrected chi connectivity index (χ1v) is 10.7. The summed E-state index contributed by atoms with van der Waals surface area (Å²) in [5.74, 6) is 0.534. The minimum atomic E-state index is -2.16. The minimum absolute atomic E-state index is 0.165. The number of nitrogens with zero attached hydrogens (tertiary/aromatic N) is 2. The molecule has 2 atom stereocenters. The lowest BCUT2D eigenvalue weighted by Crippen LogP contribution is -2.39. The van der Waals surface area contributed by atoms with E-state index in [4.69, 9.17) is 4.11 Å². The molecule has 2 unspecified atom stereocenters. The van der Waals surface area contributed by atoms with Gasteiger partial charge < -0.3 is 9.80 Å². The van der Waals surface area contributed by atoms with Crippen molar-refractivity contribution in [3.8, 4) is 0 Å². The molecule has 2 heteroatoms. The van der Waals surface area contributed by atoms with E-state index in [0.29, 0.717) is 5.92 Å². The third-order valence-corrected chi connectivity index (χ3v) is 7.45. The Morgan fingerprint density at radius 2 is 1.57 bits per heavy atom. The average Bonchev–Trinajstić information content (AvgIpc) is 3.21. The van der Waals surface area contributed by atoms with E-state index in [-0.39, 0.29) is 5.41 Å². The van der Waals surface area contributed by atoms with Crippen molar-refractivity contribution in [1.29, 1.82) is 0 Å². The van der Waals surface area contributed by atoms with Gasteiger partial charge in [-0.25, -0.2) is 0 Å². The van der Waals surface area contributed by atoms with Crippen LogP contribution in [0.4, 0.5) is 11.4 Å². The van der Waals surface area contributed by atoms with Gasteiger partial charge in [0, 0.05) is 26.6 Å². The third-order valence-electron chi connectivity index (χ3n) is 7.45. The summed E-state index contributed by atoms with van der Waals surface area (Å²) in [7, 11) is 0. The van der Waals surface area contributed by atoms with Crippen LogP contribution in [0, 0.1) is 12.8 Å². The highest BCUT2D eigenvalue weighted by atomic mass is 15.4. The molecule has 1 saturated carbocycles. The largest absolute Gasteiger partial charge is 0.322 e. The zero-order valence-electron chi connectivity index (χ0n) is 20.2. The lowest BCUT2D eigenvalue weighted by molar-refractivity contribution is 0.254. The number of aryl methyl sites for hydroxylation is 1. The minimum Gasteiger partial charge on any atom is -0.322 e. The Hall–Kier alpha value is -2.22. The number of para-hydroxylation sites is 2. The fourth-order valence-corrected chi connectivity index (χ4v) is 6.08. The lowest BCUT2D eigenvalue weighted by Gasteiger charge is -2.39. The van der Waals surface area contributed by atoms with Gasteiger partial charge in [0.2, 0.25) is 0 Å². The highest BCUT2D eigenvalue weighted by Crippen LogP contribution is 2.59. The van der Waals surface area contributed by atoms with Crippen molar-refractivity contribution in [1.82, 2.24) is 0 Å². The van der Waals surface area contributed by atoms with Gasteiger partial charge in [0.25, 0.3) is 0 Å². The summed E-state index contributed by atoms with van der Waals surface area (Å²) < 4.78 is 25.7. The van der Waals surface area contributed by atoms with E-state index in [2.05, 4.69) is 60.9 Å². The van der Waals surface area contributed by atoms with Gasteiger partial charge in [-0.3, -0.25) is 0 Å². The van der Waals surface area contributed by atoms with Crippen LogP contribution in [-0.2, 0) is 5.41 Å². The van der Waals surface area contributed by atoms with Gasteiger partial charge in [-0.05, 0) is 69.6 Å². The number of rotatable bonds is 2. The molecule has 0 saturated heterocycles. The Morgan fingerprint density at radius 3 is 2.29 bits per heavy atom. The number of hydrogen-bond donors (Lipinski definition) is 0. The summed E-state index contributed by atoms with van der Waals surface area (Å²) in [5, 5.41) is 0. The van der Waals surface area contributed by atoms with Crippen molar-refractivity contribution >= 4 is 11.4 Å². The normalized spacial score (nSPS) is 29.4. The number of benzene rings is 2. The van der Waals surface area contributed by atoms with Crippen molar-refractivity contribution < 1.29 is 4.11 Å². The van der Waals surface area contributed by atoms with E-state index >= 15 is 0 Å². The topological polar surface area (TPSA) is 6.48 Å². The maximum atomic E-state index is 8.56. The Kier molecular flexibility index (Phi) is 3.37. The fourth-order valence-electron chi connectivity index (χ4n) is 6.08. The first-order valence-electron chi connectivity index (χ1n) is 12.2.